The fourth-order valence-corrected chi connectivity index (χ4v) is 3.13. The van der Waals surface area contributed by atoms with Crippen LogP contribution in [0.2, 0.25) is 0 Å². The van der Waals surface area contributed by atoms with Crippen LogP contribution in [0.15, 0.2) is 54.6 Å². The second-order valence-electron chi connectivity index (χ2n) is 5.68. The summed E-state index contributed by atoms with van der Waals surface area (Å²) in [7, 11) is 1.41. The minimum absolute atomic E-state index is 0.253. The summed E-state index contributed by atoms with van der Waals surface area (Å²) in [6, 6.07) is 14.2. The van der Waals surface area contributed by atoms with Crippen LogP contribution in [0.3, 0.4) is 0 Å². The summed E-state index contributed by atoms with van der Waals surface area (Å²) in [5.41, 5.74) is 1.17. The number of benzene rings is 2. The number of amides is 2. The number of rotatable bonds is 6. The van der Waals surface area contributed by atoms with Gasteiger partial charge in [-0.3, -0.25) is 24.6 Å². The van der Waals surface area contributed by atoms with Gasteiger partial charge in [0.1, 0.15) is 12.1 Å². The van der Waals surface area contributed by atoms with Crippen molar-refractivity contribution in [3.05, 3.63) is 81.4 Å². The van der Waals surface area contributed by atoms with Gasteiger partial charge in [-0.2, -0.15) is 0 Å². The van der Waals surface area contributed by atoms with Gasteiger partial charge in [-0.15, -0.1) is 0 Å². The summed E-state index contributed by atoms with van der Waals surface area (Å²) in [5.74, 6) is -1.07. The van der Waals surface area contributed by atoms with Crippen molar-refractivity contribution in [3.8, 4) is 0 Å². The molecule has 2 aromatic rings. The van der Waals surface area contributed by atoms with Gasteiger partial charge in [-0.25, -0.2) is 0 Å². The Morgan fingerprint density at radius 2 is 1.52 bits per heavy atom. The molecule has 0 spiro atoms. The second kappa shape index (κ2) is 6.82. The maximum absolute atomic E-state index is 12.7. The fourth-order valence-electron chi connectivity index (χ4n) is 3.13. The average Bonchev–Trinajstić information content (AvgIpc) is 2.87. The Hall–Kier alpha value is -3.06. The molecule has 0 aliphatic carbocycles. The number of hydrogen-bond donors (Lipinski definition) is 0. The van der Waals surface area contributed by atoms with Crippen molar-refractivity contribution in [1.29, 1.82) is 0 Å². The maximum atomic E-state index is 12.7. The molecular weight excluding hydrogens is 324 g/mol. The lowest BCUT2D eigenvalue weighted by Crippen LogP contribution is -2.47. The van der Waals surface area contributed by atoms with Crippen molar-refractivity contribution >= 4 is 11.8 Å². The van der Waals surface area contributed by atoms with E-state index in [9.17, 15) is 19.7 Å². The number of nitrogens with zero attached hydrogens (tertiary/aromatic N) is 2. The van der Waals surface area contributed by atoms with E-state index in [1.54, 1.807) is 54.6 Å². The first-order valence-corrected chi connectivity index (χ1v) is 7.71. The Bertz CT molecular complexity index is 786. The maximum Gasteiger partial charge on any atom is 0.262 e. The highest BCUT2D eigenvalue weighted by Crippen LogP contribution is 2.31. The lowest BCUT2D eigenvalue weighted by molar-refractivity contribution is -0.487. The average molecular weight is 340 g/mol. The molecule has 25 heavy (non-hydrogen) atoms. The van der Waals surface area contributed by atoms with Crippen molar-refractivity contribution < 1.29 is 19.2 Å². The van der Waals surface area contributed by atoms with Crippen LogP contribution in [-0.4, -0.2) is 41.3 Å². The van der Waals surface area contributed by atoms with Gasteiger partial charge in [0.15, 0.2) is 0 Å². The topological polar surface area (TPSA) is 89.8 Å². The molecule has 0 aromatic heterocycles. The van der Waals surface area contributed by atoms with Gasteiger partial charge in [0.05, 0.1) is 11.1 Å². The van der Waals surface area contributed by atoms with Gasteiger partial charge in [0.25, 0.3) is 11.8 Å². The first-order chi connectivity index (χ1) is 12.0. The molecule has 0 saturated carbocycles. The Labute approximate surface area is 144 Å². The summed E-state index contributed by atoms with van der Waals surface area (Å²) in [6.45, 7) is -0.598. The van der Waals surface area contributed by atoms with Crippen LogP contribution in [0.5, 0.6) is 0 Å². The molecule has 1 heterocycles. The largest absolute Gasteiger partial charge is 0.374 e. The third kappa shape index (κ3) is 3.01. The van der Waals surface area contributed by atoms with Gasteiger partial charge in [0.2, 0.25) is 6.54 Å². The molecule has 0 saturated heterocycles. The molecule has 3 rings (SSSR count). The molecule has 7 heteroatoms. The van der Waals surface area contributed by atoms with Gasteiger partial charge < -0.3 is 4.74 Å². The zero-order valence-corrected chi connectivity index (χ0v) is 13.5. The predicted octanol–water partition coefficient (Wildman–Crippen LogP) is 2.32. The van der Waals surface area contributed by atoms with Crippen LogP contribution >= 0.6 is 0 Å². The van der Waals surface area contributed by atoms with E-state index < -0.39 is 35.4 Å². The minimum Gasteiger partial charge on any atom is -0.374 e. The van der Waals surface area contributed by atoms with E-state index in [0.717, 1.165) is 4.90 Å². The van der Waals surface area contributed by atoms with E-state index in [4.69, 9.17) is 4.74 Å². The van der Waals surface area contributed by atoms with Crippen molar-refractivity contribution in [2.45, 2.75) is 12.1 Å². The third-order valence-electron chi connectivity index (χ3n) is 4.22. The van der Waals surface area contributed by atoms with Crippen LogP contribution in [0.25, 0.3) is 0 Å². The van der Waals surface area contributed by atoms with Crippen LogP contribution in [0, 0.1) is 10.1 Å². The highest BCUT2D eigenvalue weighted by molar-refractivity contribution is 6.21. The predicted molar refractivity (Wildman–Crippen MR) is 88.8 cm³/mol. The SMILES string of the molecule is CO[C@@H](c1ccccc1)[C@@H](C[N+](=O)[O-])N1C(=O)c2ccccc2C1=O. The number of methoxy groups -OCH3 is 1. The van der Waals surface area contributed by atoms with Crippen LogP contribution in [0.1, 0.15) is 32.4 Å². The number of carbonyl (C=O) groups excluding carboxylic acids is 2. The molecule has 2 aromatic carbocycles. The summed E-state index contributed by atoms with van der Waals surface area (Å²) < 4.78 is 5.46. The molecule has 2 atom stereocenters. The first kappa shape index (κ1) is 16.8. The molecule has 0 N–H and O–H groups in total. The number of ether oxygens (including phenoxy) is 1. The highest BCUT2D eigenvalue weighted by Gasteiger charge is 2.45. The Kier molecular flexibility index (Phi) is 4.58. The molecule has 0 unspecified atom stereocenters. The zero-order chi connectivity index (χ0) is 18.0. The Balaban J connectivity index is 2.04. The summed E-state index contributed by atoms with van der Waals surface area (Å²) in [4.78, 5) is 37.0. The lowest BCUT2D eigenvalue weighted by Gasteiger charge is -2.29. The third-order valence-corrected chi connectivity index (χ3v) is 4.22. The molecular formula is C18H16N2O5. The standard InChI is InChI=1S/C18H16N2O5/c1-25-16(12-7-3-2-4-8-12)15(11-19(23)24)20-17(21)13-9-5-6-10-14(13)18(20)22/h2-10,15-16H,11H2,1H3/t15-,16+/m1/s1. The number of imide groups is 1. The fraction of sp³-hybridized carbons (Fsp3) is 0.222. The number of hydrogen-bond acceptors (Lipinski definition) is 5. The number of fused-ring (bicyclic) bond motifs is 1. The zero-order valence-electron chi connectivity index (χ0n) is 13.5. The van der Waals surface area contributed by atoms with Gasteiger partial charge in [0, 0.05) is 12.0 Å². The molecule has 2 amide bonds. The molecule has 0 fully saturated rings. The summed E-state index contributed by atoms with van der Waals surface area (Å²) in [6.07, 6.45) is -0.797. The number of nitro groups is 1. The minimum atomic E-state index is -1.05. The monoisotopic (exact) mass is 340 g/mol. The van der Waals surface area contributed by atoms with Crippen molar-refractivity contribution in [2.75, 3.05) is 13.7 Å². The van der Waals surface area contributed by atoms with E-state index in [-0.39, 0.29) is 11.1 Å². The van der Waals surface area contributed by atoms with Crippen molar-refractivity contribution in [1.82, 2.24) is 4.90 Å². The van der Waals surface area contributed by atoms with Crippen molar-refractivity contribution in [3.63, 3.8) is 0 Å². The molecule has 7 nitrogen and oxygen atoms in total. The van der Waals surface area contributed by atoms with Crippen LogP contribution < -0.4 is 0 Å². The summed E-state index contributed by atoms with van der Waals surface area (Å²) >= 11 is 0. The summed E-state index contributed by atoms with van der Waals surface area (Å²) in [5, 5.41) is 11.2. The van der Waals surface area contributed by atoms with E-state index in [2.05, 4.69) is 0 Å². The molecule has 1 aliphatic heterocycles. The van der Waals surface area contributed by atoms with Crippen LogP contribution in [0.4, 0.5) is 0 Å². The second-order valence-corrected chi connectivity index (χ2v) is 5.68. The van der Waals surface area contributed by atoms with Crippen molar-refractivity contribution in [2.24, 2.45) is 0 Å². The van der Waals surface area contributed by atoms with E-state index in [0.29, 0.717) is 5.56 Å². The van der Waals surface area contributed by atoms with Gasteiger partial charge in [-0.05, 0) is 17.7 Å². The van der Waals surface area contributed by atoms with Gasteiger partial charge in [-0.1, -0.05) is 42.5 Å². The normalized spacial score (nSPS) is 15.8. The molecule has 0 bridgehead atoms. The molecule has 1 aliphatic rings. The first-order valence-electron chi connectivity index (χ1n) is 7.71. The Morgan fingerprint density at radius 1 is 1.00 bits per heavy atom. The van der Waals surface area contributed by atoms with E-state index in [1.807, 2.05) is 0 Å². The molecule has 128 valence electrons. The highest BCUT2D eigenvalue weighted by atomic mass is 16.6. The van der Waals surface area contributed by atoms with E-state index >= 15 is 0 Å². The smallest absolute Gasteiger partial charge is 0.262 e. The Morgan fingerprint density at radius 3 is 2.00 bits per heavy atom. The van der Waals surface area contributed by atoms with Crippen LogP contribution in [-0.2, 0) is 4.74 Å². The van der Waals surface area contributed by atoms with E-state index in [1.165, 1.54) is 7.11 Å². The molecule has 0 radical (unpaired) electrons. The number of carbonyl (C=O) groups is 2. The quantitative estimate of drug-likeness (QED) is 0.457. The lowest BCUT2D eigenvalue weighted by atomic mass is 10.0. The van der Waals surface area contributed by atoms with Gasteiger partial charge >= 0.3 is 0 Å².